The van der Waals surface area contributed by atoms with E-state index in [0.717, 1.165) is 6.26 Å². The molecule has 0 radical (unpaired) electrons. The second-order valence-electron chi connectivity index (χ2n) is 5.03. The number of aromatic nitrogens is 2. The molecular formula is C11H19N5O3S. The highest BCUT2D eigenvalue weighted by Gasteiger charge is 2.27. The Morgan fingerprint density at radius 3 is 2.50 bits per heavy atom. The minimum absolute atomic E-state index is 0.113. The number of sulfonamides is 1. The van der Waals surface area contributed by atoms with Crippen LogP contribution in [0.2, 0.25) is 0 Å². The number of amides is 1. The smallest absolute Gasteiger partial charge is 0.274 e. The summed E-state index contributed by atoms with van der Waals surface area (Å²) in [6.45, 7) is 0.993. The number of hydrogen-bond acceptors (Lipinski definition) is 5. The normalized spacial score (nSPS) is 17.4. The molecule has 20 heavy (non-hydrogen) atoms. The van der Waals surface area contributed by atoms with Crippen LogP contribution in [0.5, 0.6) is 0 Å². The van der Waals surface area contributed by atoms with Crippen LogP contribution in [0, 0.1) is 0 Å². The maximum absolute atomic E-state index is 12.3. The van der Waals surface area contributed by atoms with E-state index < -0.39 is 10.0 Å². The molecule has 3 N–H and O–H groups in total. The molecule has 0 bridgehead atoms. The lowest BCUT2D eigenvalue weighted by atomic mass is 10.1. The molecule has 1 aliphatic rings. The largest absolute Gasteiger partial charge is 0.396 e. The van der Waals surface area contributed by atoms with E-state index in [0.29, 0.717) is 37.3 Å². The van der Waals surface area contributed by atoms with E-state index in [2.05, 4.69) is 9.82 Å². The van der Waals surface area contributed by atoms with E-state index in [1.807, 2.05) is 0 Å². The van der Waals surface area contributed by atoms with Crippen molar-refractivity contribution in [1.29, 1.82) is 0 Å². The molecule has 1 amide bonds. The molecule has 8 nitrogen and oxygen atoms in total. The fourth-order valence-corrected chi connectivity index (χ4v) is 3.21. The van der Waals surface area contributed by atoms with Crippen LogP contribution < -0.4 is 10.5 Å². The highest BCUT2D eigenvalue weighted by molar-refractivity contribution is 7.88. The number of nitrogen functional groups attached to an aromatic ring is 1. The third kappa shape index (κ3) is 3.28. The first-order valence-corrected chi connectivity index (χ1v) is 8.21. The molecule has 0 saturated carbocycles. The molecule has 1 fully saturated rings. The van der Waals surface area contributed by atoms with Gasteiger partial charge in [-0.15, -0.1) is 0 Å². The molecule has 2 heterocycles. The van der Waals surface area contributed by atoms with Gasteiger partial charge in [-0.25, -0.2) is 13.1 Å². The maximum Gasteiger partial charge on any atom is 0.274 e. The average Bonchev–Trinajstić information content (AvgIpc) is 2.67. The van der Waals surface area contributed by atoms with Gasteiger partial charge < -0.3 is 10.6 Å². The minimum atomic E-state index is -3.21. The highest BCUT2D eigenvalue weighted by atomic mass is 32.2. The molecular weight excluding hydrogens is 282 g/mol. The quantitative estimate of drug-likeness (QED) is 0.756. The summed E-state index contributed by atoms with van der Waals surface area (Å²) in [6, 6.07) is -0.113. The molecule has 0 atom stereocenters. The summed E-state index contributed by atoms with van der Waals surface area (Å²) < 4.78 is 26.4. The molecule has 0 aliphatic carbocycles. The fourth-order valence-electron chi connectivity index (χ4n) is 2.37. The zero-order chi connectivity index (χ0) is 14.9. The van der Waals surface area contributed by atoms with Gasteiger partial charge in [-0.3, -0.25) is 9.48 Å². The van der Waals surface area contributed by atoms with Crippen LogP contribution in [0.25, 0.3) is 0 Å². The first-order valence-electron chi connectivity index (χ1n) is 6.32. The van der Waals surface area contributed by atoms with Crippen molar-refractivity contribution in [2.24, 2.45) is 7.05 Å². The number of carbonyl (C=O) groups is 1. The van der Waals surface area contributed by atoms with Crippen molar-refractivity contribution in [1.82, 2.24) is 19.4 Å². The van der Waals surface area contributed by atoms with Gasteiger partial charge >= 0.3 is 0 Å². The number of nitrogens with two attached hydrogens (primary N) is 1. The van der Waals surface area contributed by atoms with Gasteiger partial charge in [-0.05, 0) is 12.8 Å². The van der Waals surface area contributed by atoms with Crippen LogP contribution in [0.15, 0.2) is 6.20 Å². The van der Waals surface area contributed by atoms with Crippen molar-refractivity contribution in [3.8, 4) is 0 Å². The maximum atomic E-state index is 12.3. The van der Waals surface area contributed by atoms with E-state index in [9.17, 15) is 13.2 Å². The fraction of sp³-hybridized carbons (Fsp3) is 0.636. The highest BCUT2D eigenvalue weighted by Crippen LogP contribution is 2.17. The topological polar surface area (TPSA) is 110 Å². The van der Waals surface area contributed by atoms with Crippen molar-refractivity contribution >= 4 is 21.6 Å². The van der Waals surface area contributed by atoms with Crippen LogP contribution in [0.1, 0.15) is 23.3 Å². The first-order chi connectivity index (χ1) is 9.28. The monoisotopic (exact) mass is 301 g/mol. The van der Waals surface area contributed by atoms with E-state index in [4.69, 9.17) is 5.73 Å². The Morgan fingerprint density at radius 2 is 2.05 bits per heavy atom. The molecule has 1 saturated heterocycles. The Bertz CT molecular complexity index is 582. The van der Waals surface area contributed by atoms with Gasteiger partial charge in [0, 0.05) is 26.2 Å². The van der Waals surface area contributed by atoms with Crippen LogP contribution in [0.3, 0.4) is 0 Å². The van der Waals surface area contributed by atoms with Gasteiger partial charge in [-0.2, -0.15) is 5.10 Å². The molecule has 0 aromatic carbocycles. The van der Waals surface area contributed by atoms with Crippen LogP contribution in [-0.4, -0.2) is 54.4 Å². The number of rotatable bonds is 3. The van der Waals surface area contributed by atoms with E-state index in [-0.39, 0.29) is 11.9 Å². The van der Waals surface area contributed by atoms with Crippen molar-refractivity contribution in [2.75, 3.05) is 25.1 Å². The van der Waals surface area contributed by atoms with Crippen molar-refractivity contribution < 1.29 is 13.2 Å². The second-order valence-corrected chi connectivity index (χ2v) is 6.81. The van der Waals surface area contributed by atoms with Crippen LogP contribution >= 0.6 is 0 Å². The number of aryl methyl sites for hydroxylation is 1. The predicted molar refractivity (Wildman–Crippen MR) is 74.5 cm³/mol. The SMILES string of the molecule is Cn1ncc(N)c1C(=O)N1CCC(NS(C)(=O)=O)CC1. The van der Waals surface area contributed by atoms with Gasteiger partial charge in [0.05, 0.1) is 18.1 Å². The predicted octanol–water partition coefficient (Wildman–Crippen LogP) is -0.844. The number of anilines is 1. The summed E-state index contributed by atoms with van der Waals surface area (Å²) in [5.74, 6) is -0.166. The van der Waals surface area contributed by atoms with Gasteiger partial charge in [-0.1, -0.05) is 0 Å². The van der Waals surface area contributed by atoms with E-state index >= 15 is 0 Å². The Kier molecular flexibility index (Phi) is 4.00. The molecule has 112 valence electrons. The van der Waals surface area contributed by atoms with Gasteiger partial charge in [0.2, 0.25) is 10.0 Å². The number of nitrogens with one attached hydrogen (secondary N) is 1. The number of likely N-dealkylation sites (tertiary alicyclic amines) is 1. The van der Waals surface area contributed by atoms with E-state index in [1.165, 1.54) is 10.9 Å². The van der Waals surface area contributed by atoms with Gasteiger partial charge in [0.25, 0.3) is 5.91 Å². The summed E-state index contributed by atoms with van der Waals surface area (Å²) in [7, 11) is -1.54. The molecule has 2 rings (SSSR count). The molecule has 0 unspecified atom stereocenters. The molecule has 1 aliphatic heterocycles. The Morgan fingerprint density at radius 1 is 1.45 bits per heavy atom. The molecule has 1 aromatic heterocycles. The van der Waals surface area contributed by atoms with Crippen molar-refractivity contribution in [3.63, 3.8) is 0 Å². The van der Waals surface area contributed by atoms with Crippen LogP contribution in [0.4, 0.5) is 5.69 Å². The van der Waals surface area contributed by atoms with Crippen molar-refractivity contribution in [2.45, 2.75) is 18.9 Å². The summed E-state index contributed by atoms with van der Waals surface area (Å²) >= 11 is 0. The van der Waals surface area contributed by atoms with Crippen LogP contribution in [-0.2, 0) is 17.1 Å². The second kappa shape index (κ2) is 5.41. The minimum Gasteiger partial charge on any atom is -0.396 e. The Hall–Kier alpha value is -1.61. The summed E-state index contributed by atoms with van der Waals surface area (Å²) in [6.07, 6.45) is 3.78. The molecule has 0 spiro atoms. The van der Waals surface area contributed by atoms with Gasteiger partial charge in [0.1, 0.15) is 5.69 Å². The lowest BCUT2D eigenvalue weighted by molar-refractivity contribution is 0.0701. The Balaban J connectivity index is 1.99. The van der Waals surface area contributed by atoms with E-state index in [1.54, 1.807) is 11.9 Å². The number of nitrogens with zero attached hydrogens (tertiary/aromatic N) is 3. The Labute approximate surface area is 118 Å². The first kappa shape index (κ1) is 14.8. The van der Waals surface area contributed by atoms with Crippen molar-refractivity contribution in [3.05, 3.63) is 11.9 Å². The summed E-state index contributed by atoms with van der Waals surface area (Å²) in [4.78, 5) is 14.0. The lowest BCUT2D eigenvalue weighted by Crippen LogP contribution is -2.46. The average molecular weight is 301 g/mol. The number of piperidine rings is 1. The number of carbonyl (C=O) groups excluding carboxylic acids is 1. The third-order valence-corrected chi connectivity index (χ3v) is 4.09. The lowest BCUT2D eigenvalue weighted by Gasteiger charge is -2.32. The summed E-state index contributed by atoms with van der Waals surface area (Å²) in [5, 5.41) is 3.95. The zero-order valence-electron chi connectivity index (χ0n) is 11.5. The third-order valence-electron chi connectivity index (χ3n) is 3.33. The van der Waals surface area contributed by atoms with Gasteiger partial charge in [0.15, 0.2) is 0 Å². The molecule has 9 heteroatoms. The molecule has 1 aromatic rings. The standard InChI is InChI=1S/C11H19N5O3S/c1-15-10(9(12)7-13-15)11(17)16-5-3-8(4-6-16)14-20(2,18)19/h7-8,14H,3-6,12H2,1-2H3. The number of hydrogen-bond donors (Lipinski definition) is 2. The zero-order valence-corrected chi connectivity index (χ0v) is 12.4. The summed E-state index contributed by atoms with van der Waals surface area (Å²) in [5.41, 5.74) is 6.47.